The van der Waals surface area contributed by atoms with Gasteiger partial charge in [0.2, 0.25) is 0 Å². The quantitative estimate of drug-likeness (QED) is 0.515. The lowest BCUT2D eigenvalue weighted by Crippen LogP contribution is -2.35. The van der Waals surface area contributed by atoms with Crippen LogP contribution in [0.5, 0.6) is 0 Å². The Morgan fingerprint density at radius 3 is 2.54 bits per heavy atom. The first-order valence-electron chi connectivity index (χ1n) is 8.59. The maximum Gasteiger partial charge on any atom is 0.147 e. The van der Waals surface area contributed by atoms with Crippen molar-refractivity contribution in [2.75, 3.05) is 0 Å². The van der Waals surface area contributed by atoms with E-state index in [1.165, 1.54) is 18.2 Å². The molecule has 6 heteroatoms. The lowest BCUT2D eigenvalue weighted by Gasteiger charge is -2.18. The Morgan fingerprint density at radius 2 is 2.04 bits per heavy atom. The lowest BCUT2D eigenvalue weighted by atomic mass is 10.0. The van der Waals surface area contributed by atoms with Crippen LogP contribution in [-0.2, 0) is 11.3 Å². The number of nitrogens with zero attached hydrogens (tertiary/aromatic N) is 2. The highest BCUT2D eigenvalue weighted by Gasteiger charge is 2.18. The average molecular weight is 371 g/mol. The fourth-order valence-electron chi connectivity index (χ4n) is 2.79. The normalized spacial score (nSPS) is 12.2. The minimum atomic E-state index is -0.150. The molecule has 1 atom stereocenters. The number of hydrogen-bond donors (Lipinski definition) is 2. The molecule has 0 spiro atoms. The van der Waals surface area contributed by atoms with E-state index in [1.807, 2.05) is 32.9 Å². The van der Waals surface area contributed by atoms with Gasteiger partial charge in [-0.1, -0.05) is 32.6 Å². The van der Waals surface area contributed by atoms with Gasteiger partial charge in [0, 0.05) is 17.7 Å². The molecule has 1 aromatic heterocycles. The summed E-state index contributed by atoms with van der Waals surface area (Å²) in [6.45, 7) is 12.1. The van der Waals surface area contributed by atoms with E-state index in [-0.39, 0.29) is 17.7 Å². The standard InChI is InChI=1S/C20H26N4OS/c1-6-19-18(11-21)22-15(5)24(19)12-16-7-9-17(10-8-16)26-23-20(13(2)3)14(4)25/h6-11,13,20-21,23H,1,12H2,2-5H3. The number of rotatable bonds is 9. The van der Waals surface area contributed by atoms with Crippen LogP contribution in [0.3, 0.4) is 0 Å². The number of benzene rings is 1. The molecule has 0 radical (unpaired) electrons. The van der Waals surface area contributed by atoms with Crippen molar-refractivity contribution in [3.05, 3.63) is 53.6 Å². The maximum absolute atomic E-state index is 11.7. The molecule has 0 bridgehead atoms. The van der Waals surface area contributed by atoms with E-state index in [0.29, 0.717) is 12.2 Å². The van der Waals surface area contributed by atoms with Crippen LogP contribution in [0, 0.1) is 18.3 Å². The zero-order chi connectivity index (χ0) is 19.3. The van der Waals surface area contributed by atoms with E-state index < -0.39 is 0 Å². The van der Waals surface area contributed by atoms with E-state index in [9.17, 15) is 4.79 Å². The lowest BCUT2D eigenvalue weighted by molar-refractivity contribution is -0.119. The number of ketones is 1. The Morgan fingerprint density at radius 1 is 1.38 bits per heavy atom. The zero-order valence-corrected chi connectivity index (χ0v) is 16.6. The van der Waals surface area contributed by atoms with Crippen molar-refractivity contribution in [2.45, 2.75) is 45.2 Å². The van der Waals surface area contributed by atoms with Crippen molar-refractivity contribution < 1.29 is 4.79 Å². The zero-order valence-electron chi connectivity index (χ0n) is 15.7. The van der Waals surface area contributed by atoms with Gasteiger partial charge in [-0.25, -0.2) is 9.71 Å². The molecule has 2 rings (SSSR count). The molecule has 0 aliphatic heterocycles. The van der Waals surface area contributed by atoms with Gasteiger partial charge < -0.3 is 9.98 Å². The van der Waals surface area contributed by atoms with Gasteiger partial charge >= 0.3 is 0 Å². The highest BCUT2D eigenvalue weighted by molar-refractivity contribution is 7.97. The van der Waals surface area contributed by atoms with Crippen LogP contribution in [0.4, 0.5) is 0 Å². The molecule has 26 heavy (non-hydrogen) atoms. The molecule has 5 nitrogen and oxygen atoms in total. The van der Waals surface area contributed by atoms with Gasteiger partial charge in [0.25, 0.3) is 0 Å². The predicted molar refractivity (Wildman–Crippen MR) is 109 cm³/mol. The van der Waals surface area contributed by atoms with E-state index in [0.717, 1.165) is 22.0 Å². The number of carbonyl (C=O) groups excluding carboxylic acids is 1. The fourth-order valence-corrected chi connectivity index (χ4v) is 3.76. The van der Waals surface area contributed by atoms with Crippen molar-refractivity contribution in [3.63, 3.8) is 0 Å². The minimum Gasteiger partial charge on any atom is -0.324 e. The third-order valence-electron chi connectivity index (χ3n) is 4.23. The molecule has 1 unspecified atom stereocenters. The van der Waals surface area contributed by atoms with Crippen LogP contribution in [0.2, 0.25) is 0 Å². The summed E-state index contributed by atoms with van der Waals surface area (Å²) in [6.07, 6.45) is 2.99. The molecular formula is C20H26N4OS. The summed E-state index contributed by atoms with van der Waals surface area (Å²) in [6, 6.07) is 8.07. The number of imidazole rings is 1. The largest absolute Gasteiger partial charge is 0.324 e. The summed E-state index contributed by atoms with van der Waals surface area (Å²) in [7, 11) is 0. The molecule has 0 aliphatic carbocycles. The minimum absolute atomic E-state index is 0.150. The SMILES string of the molecule is C=Cc1c(C=N)nc(C)n1Cc1ccc(SNC(C(C)=O)C(C)C)cc1. The second-order valence-electron chi connectivity index (χ2n) is 6.56. The Bertz CT molecular complexity index is 793. The van der Waals surface area contributed by atoms with E-state index in [2.05, 4.69) is 33.0 Å². The highest BCUT2D eigenvalue weighted by Crippen LogP contribution is 2.20. The van der Waals surface area contributed by atoms with Gasteiger partial charge in [-0.05, 0) is 55.5 Å². The van der Waals surface area contributed by atoms with Crippen LogP contribution < -0.4 is 4.72 Å². The van der Waals surface area contributed by atoms with Crippen LogP contribution in [-0.4, -0.2) is 27.6 Å². The Labute approximate surface area is 159 Å². The summed E-state index contributed by atoms with van der Waals surface area (Å²) in [4.78, 5) is 17.1. The molecule has 0 aliphatic rings. The van der Waals surface area contributed by atoms with Gasteiger partial charge in [-0.3, -0.25) is 4.79 Å². The predicted octanol–water partition coefficient (Wildman–Crippen LogP) is 4.09. The van der Waals surface area contributed by atoms with Crippen LogP contribution in [0.1, 0.15) is 43.5 Å². The number of aryl methyl sites for hydroxylation is 1. The summed E-state index contributed by atoms with van der Waals surface area (Å²) < 4.78 is 5.31. The summed E-state index contributed by atoms with van der Waals surface area (Å²) in [5.41, 5.74) is 2.64. The molecule has 0 saturated heterocycles. The average Bonchev–Trinajstić information content (AvgIpc) is 2.91. The molecule has 0 saturated carbocycles. The summed E-state index contributed by atoms with van der Waals surface area (Å²) in [5.74, 6) is 1.27. The number of hydrogen-bond acceptors (Lipinski definition) is 5. The number of nitrogens with one attached hydrogen (secondary N) is 2. The molecular weight excluding hydrogens is 344 g/mol. The van der Waals surface area contributed by atoms with Crippen molar-refractivity contribution in [1.29, 1.82) is 5.41 Å². The van der Waals surface area contributed by atoms with E-state index in [1.54, 1.807) is 13.0 Å². The summed E-state index contributed by atoms with van der Waals surface area (Å²) >= 11 is 1.48. The molecule has 2 N–H and O–H groups in total. The van der Waals surface area contributed by atoms with Gasteiger partial charge in [0.1, 0.15) is 17.3 Å². The van der Waals surface area contributed by atoms with Gasteiger partial charge in [-0.15, -0.1) is 0 Å². The third kappa shape index (κ3) is 4.71. The van der Waals surface area contributed by atoms with E-state index in [4.69, 9.17) is 5.41 Å². The molecule has 1 aromatic carbocycles. The van der Waals surface area contributed by atoms with Crippen LogP contribution in [0.15, 0.2) is 35.7 Å². The first-order chi connectivity index (χ1) is 12.4. The van der Waals surface area contributed by atoms with E-state index >= 15 is 0 Å². The Balaban J connectivity index is 2.09. The maximum atomic E-state index is 11.7. The smallest absolute Gasteiger partial charge is 0.147 e. The molecule has 1 heterocycles. The van der Waals surface area contributed by atoms with Gasteiger partial charge in [0.05, 0.1) is 11.7 Å². The van der Waals surface area contributed by atoms with Crippen LogP contribution >= 0.6 is 11.9 Å². The number of aromatic nitrogens is 2. The van der Waals surface area contributed by atoms with Gasteiger partial charge in [0.15, 0.2) is 0 Å². The number of Topliss-reactive ketones (excluding diaryl/α,β-unsaturated/α-hetero) is 1. The van der Waals surface area contributed by atoms with Crippen LogP contribution in [0.25, 0.3) is 6.08 Å². The van der Waals surface area contributed by atoms with Crippen molar-refractivity contribution in [3.8, 4) is 0 Å². The molecule has 0 amide bonds. The van der Waals surface area contributed by atoms with Crippen molar-refractivity contribution >= 4 is 30.0 Å². The third-order valence-corrected chi connectivity index (χ3v) is 5.11. The molecule has 0 fully saturated rings. The molecule has 138 valence electrons. The fraction of sp³-hybridized carbons (Fsp3) is 0.350. The Hall–Kier alpha value is -2.18. The van der Waals surface area contributed by atoms with Gasteiger partial charge in [-0.2, -0.15) is 0 Å². The summed E-state index contributed by atoms with van der Waals surface area (Å²) in [5, 5.41) is 7.46. The van der Waals surface area contributed by atoms with Crippen molar-refractivity contribution in [1.82, 2.24) is 14.3 Å². The second-order valence-corrected chi connectivity index (χ2v) is 7.47. The molecule has 2 aromatic rings. The highest BCUT2D eigenvalue weighted by atomic mass is 32.2. The topological polar surface area (TPSA) is 70.8 Å². The first kappa shape index (κ1) is 20.1. The number of carbonyl (C=O) groups is 1. The van der Waals surface area contributed by atoms with Crippen molar-refractivity contribution in [2.24, 2.45) is 5.92 Å². The first-order valence-corrected chi connectivity index (χ1v) is 9.40. The second kappa shape index (κ2) is 8.96. The Kier molecular flexibility index (Phi) is 6.94. The monoisotopic (exact) mass is 370 g/mol.